The second-order valence-electron chi connectivity index (χ2n) is 4.99. The molecule has 0 radical (unpaired) electrons. The molecular weight excluding hydrogens is 256 g/mol. The number of aryl methyl sites for hydroxylation is 1. The molecule has 0 fully saturated rings. The minimum Gasteiger partial charge on any atom is -0.320 e. The van der Waals surface area contributed by atoms with E-state index in [4.69, 9.17) is 0 Å². The molecule has 0 heterocycles. The molecule has 0 spiro atoms. The van der Waals surface area contributed by atoms with Gasteiger partial charge in [0.1, 0.15) is 5.69 Å². The highest BCUT2D eigenvalue weighted by Crippen LogP contribution is 2.25. The van der Waals surface area contributed by atoms with Crippen LogP contribution < -0.4 is 5.32 Å². The number of nitrogens with one attached hydrogen (secondary N) is 1. The van der Waals surface area contributed by atoms with Crippen molar-refractivity contribution in [2.45, 2.75) is 52.4 Å². The molecule has 0 atom stereocenters. The Kier molecular flexibility index (Phi) is 6.70. The van der Waals surface area contributed by atoms with E-state index in [2.05, 4.69) is 12.2 Å². The summed E-state index contributed by atoms with van der Waals surface area (Å²) >= 11 is 0. The van der Waals surface area contributed by atoms with Gasteiger partial charge in [-0.05, 0) is 25.0 Å². The van der Waals surface area contributed by atoms with E-state index in [0.29, 0.717) is 6.42 Å². The first-order valence-electron chi connectivity index (χ1n) is 7.09. The van der Waals surface area contributed by atoms with Gasteiger partial charge in [0.25, 0.3) is 5.69 Å². The molecule has 5 heteroatoms. The molecule has 0 aliphatic carbocycles. The van der Waals surface area contributed by atoms with Gasteiger partial charge in [-0.2, -0.15) is 0 Å². The van der Waals surface area contributed by atoms with Gasteiger partial charge in [0, 0.05) is 12.5 Å². The minimum absolute atomic E-state index is 0.0515. The Labute approximate surface area is 119 Å². The number of nitro groups is 1. The fraction of sp³-hybridized carbons (Fsp3) is 0.533. The highest BCUT2D eigenvalue weighted by molar-refractivity contribution is 5.93. The Morgan fingerprint density at radius 1 is 1.25 bits per heavy atom. The lowest BCUT2D eigenvalue weighted by molar-refractivity contribution is -0.384. The molecule has 0 aliphatic heterocycles. The van der Waals surface area contributed by atoms with Crippen LogP contribution in [0.4, 0.5) is 11.4 Å². The Hall–Kier alpha value is -1.91. The van der Waals surface area contributed by atoms with Gasteiger partial charge in [-0.1, -0.05) is 38.7 Å². The van der Waals surface area contributed by atoms with Crippen LogP contribution in [-0.4, -0.2) is 10.8 Å². The van der Waals surface area contributed by atoms with Gasteiger partial charge in [0.15, 0.2) is 0 Å². The lowest BCUT2D eigenvalue weighted by Crippen LogP contribution is -2.12. The highest BCUT2D eigenvalue weighted by Gasteiger charge is 2.15. The Morgan fingerprint density at radius 3 is 2.60 bits per heavy atom. The number of hydrogen-bond acceptors (Lipinski definition) is 3. The van der Waals surface area contributed by atoms with Gasteiger partial charge in [-0.25, -0.2) is 0 Å². The van der Waals surface area contributed by atoms with Gasteiger partial charge in [-0.15, -0.1) is 0 Å². The van der Waals surface area contributed by atoms with Crippen LogP contribution in [0.15, 0.2) is 18.2 Å². The van der Waals surface area contributed by atoms with E-state index in [1.807, 2.05) is 0 Å². The Morgan fingerprint density at radius 2 is 1.95 bits per heavy atom. The van der Waals surface area contributed by atoms with Crippen molar-refractivity contribution in [3.8, 4) is 0 Å². The van der Waals surface area contributed by atoms with Crippen LogP contribution in [0.1, 0.15) is 51.0 Å². The predicted octanol–water partition coefficient (Wildman–Crippen LogP) is 4.20. The van der Waals surface area contributed by atoms with Crippen molar-refractivity contribution in [3.63, 3.8) is 0 Å². The van der Waals surface area contributed by atoms with Crippen LogP contribution in [0.5, 0.6) is 0 Å². The summed E-state index contributed by atoms with van der Waals surface area (Å²) in [5.74, 6) is -0.159. The number of nitrogens with zero attached hydrogens (tertiary/aromatic N) is 1. The standard InChI is InChI=1S/C15H22N2O3/c1-3-4-5-6-7-8-15(18)16-13-10-9-12(2)11-14(13)17(19)20/h9-11H,3-8H2,1-2H3,(H,16,18). The second kappa shape index (κ2) is 8.30. The molecule has 0 bridgehead atoms. The third-order valence-corrected chi connectivity index (χ3v) is 3.13. The summed E-state index contributed by atoms with van der Waals surface area (Å²) in [6, 6.07) is 4.81. The van der Waals surface area contributed by atoms with Crippen LogP contribution in [0.25, 0.3) is 0 Å². The molecule has 0 aliphatic rings. The monoisotopic (exact) mass is 278 g/mol. The first-order chi connectivity index (χ1) is 9.54. The van der Waals surface area contributed by atoms with Gasteiger partial charge in [0.05, 0.1) is 4.92 Å². The molecule has 1 N–H and O–H groups in total. The van der Waals surface area contributed by atoms with Crippen molar-refractivity contribution in [2.75, 3.05) is 5.32 Å². The van der Waals surface area contributed by atoms with Gasteiger partial charge in [-0.3, -0.25) is 14.9 Å². The van der Waals surface area contributed by atoms with Crippen molar-refractivity contribution in [2.24, 2.45) is 0 Å². The number of carbonyl (C=O) groups is 1. The number of amides is 1. The fourth-order valence-corrected chi connectivity index (χ4v) is 2.00. The van der Waals surface area contributed by atoms with Gasteiger partial charge >= 0.3 is 0 Å². The van der Waals surface area contributed by atoms with E-state index in [9.17, 15) is 14.9 Å². The number of benzene rings is 1. The maximum absolute atomic E-state index is 11.8. The summed E-state index contributed by atoms with van der Waals surface area (Å²) in [4.78, 5) is 22.2. The number of carbonyl (C=O) groups excluding carboxylic acids is 1. The molecule has 0 saturated heterocycles. The number of unbranched alkanes of at least 4 members (excludes halogenated alkanes) is 4. The zero-order valence-corrected chi connectivity index (χ0v) is 12.1. The first kappa shape index (κ1) is 16.1. The lowest BCUT2D eigenvalue weighted by atomic mass is 10.1. The average molecular weight is 278 g/mol. The number of anilines is 1. The summed E-state index contributed by atoms with van der Waals surface area (Å²) in [5.41, 5.74) is 1.03. The third-order valence-electron chi connectivity index (χ3n) is 3.13. The zero-order chi connectivity index (χ0) is 15.0. The van der Waals surface area contributed by atoms with E-state index in [1.165, 1.54) is 18.9 Å². The van der Waals surface area contributed by atoms with Crippen molar-refractivity contribution in [1.82, 2.24) is 0 Å². The van der Waals surface area contributed by atoms with Crippen LogP contribution in [0.2, 0.25) is 0 Å². The molecule has 1 amide bonds. The third kappa shape index (κ3) is 5.38. The Bertz CT molecular complexity index is 472. The molecule has 5 nitrogen and oxygen atoms in total. The molecule has 0 saturated carbocycles. The van der Waals surface area contributed by atoms with E-state index >= 15 is 0 Å². The van der Waals surface area contributed by atoms with Crippen molar-refractivity contribution < 1.29 is 9.72 Å². The SMILES string of the molecule is CCCCCCCC(=O)Nc1ccc(C)cc1[N+](=O)[O-]. The predicted molar refractivity (Wildman–Crippen MR) is 79.8 cm³/mol. The van der Waals surface area contributed by atoms with Crippen LogP contribution in [0.3, 0.4) is 0 Å². The minimum atomic E-state index is -0.468. The van der Waals surface area contributed by atoms with E-state index in [0.717, 1.165) is 24.8 Å². The lowest BCUT2D eigenvalue weighted by Gasteiger charge is -2.06. The molecule has 1 aromatic carbocycles. The summed E-state index contributed by atoms with van der Waals surface area (Å²) in [7, 11) is 0. The largest absolute Gasteiger partial charge is 0.320 e. The second-order valence-corrected chi connectivity index (χ2v) is 4.99. The topological polar surface area (TPSA) is 72.2 Å². The van der Waals surface area contributed by atoms with Crippen LogP contribution in [-0.2, 0) is 4.79 Å². The molecule has 0 unspecified atom stereocenters. The number of hydrogen-bond donors (Lipinski definition) is 1. The number of nitro benzene ring substituents is 1. The molecular formula is C15H22N2O3. The average Bonchev–Trinajstić information content (AvgIpc) is 2.40. The van der Waals surface area contributed by atoms with E-state index in [-0.39, 0.29) is 17.3 Å². The van der Waals surface area contributed by atoms with Crippen molar-refractivity contribution in [1.29, 1.82) is 0 Å². The fourth-order valence-electron chi connectivity index (χ4n) is 2.00. The highest BCUT2D eigenvalue weighted by atomic mass is 16.6. The molecule has 0 aromatic heterocycles. The summed E-state index contributed by atoms with van der Waals surface area (Å²) in [5, 5.41) is 13.6. The van der Waals surface area contributed by atoms with Crippen LogP contribution >= 0.6 is 0 Å². The maximum atomic E-state index is 11.8. The quantitative estimate of drug-likeness (QED) is 0.440. The maximum Gasteiger partial charge on any atom is 0.293 e. The molecule has 1 rings (SSSR count). The van der Waals surface area contributed by atoms with Crippen LogP contribution in [0, 0.1) is 17.0 Å². The van der Waals surface area contributed by atoms with Crippen molar-refractivity contribution in [3.05, 3.63) is 33.9 Å². The van der Waals surface area contributed by atoms with E-state index < -0.39 is 4.92 Å². The normalized spacial score (nSPS) is 10.3. The molecule has 110 valence electrons. The Balaban J connectivity index is 2.51. The van der Waals surface area contributed by atoms with Gasteiger partial charge < -0.3 is 5.32 Å². The van der Waals surface area contributed by atoms with Gasteiger partial charge in [0.2, 0.25) is 5.91 Å². The van der Waals surface area contributed by atoms with E-state index in [1.54, 1.807) is 19.1 Å². The summed E-state index contributed by atoms with van der Waals surface area (Å²) in [6.45, 7) is 3.93. The smallest absolute Gasteiger partial charge is 0.293 e. The summed E-state index contributed by atoms with van der Waals surface area (Å²) < 4.78 is 0. The molecule has 1 aromatic rings. The first-order valence-corrected chi connectivity index (χ1v) is 7.09. The van der Waals surface area contributed by atoms with Crippen molar-refractivity contribution >= 4 is 17.3 Å². The summed E-state index contributed by atoms with van der Waals surface area (Å²) in [6.07, 6.45) is 5.75. The zero-order valence-electron chi connectivity index (χ0n) is 12.1. The molecule has 20 heavy (non-hydrogen) atoms. The number of rotatable bonds is 8.